The van der Waals surface area contributed by atoms with Crippen LogP contribution in [-0.4, -0.2) is 23.2 Å². The molecule has 3 rings (SSSR count). The van der Waals surface area contributed by atoms with Crippen molar-refractivity contribution in [1.29, 1.82) is 0 Å². The maximum atomic E-state index is 5.22. The molecule has 1 N–H and O–H groups in total. The van der Waals surface area contributed by atoms with Crippen molar-refractivity contribution < 1.29 is 4.52 Å². The van der Waals surface area contributed by atoms with E-state index >= 15 is 0 Å². The van der Waals surface area contributed by atoms with Crippen molar-refractivity contribution in [3.8, 4) is 0 Å². The molecule has 0 bridgehead atoms. The molecular formula is C12H15N3O. The maximum Gasteiger partial charge on any atom is 0.203 e. The highest BCUT2D eigenvalue weighted by Gasteiger charge is 2.20. The van der Waals surface area contributed by atoms with Crippen LogP contribution in [0.25, 0.3) is 11.0 Å². The van der Waals surface area contributed by atoms with Crippen LogP contribution in [0.1, 0.15) is 30.1 Å². The Kier molecular flexibility index (Phi) is 2.36. The fourth-order valence-electron chi connectivity index (χ4n) is 2.53. The van der Waals surface area contributed by atoms with E-state index in [0.29, 0.717) is 5.92 Å². The summed E-state index contributed by atoms with van der Waals surface area (Å²) in [5.41, 5.74) is 2.10. The largest absolute Gasteiger partial charge is 0.359 e. The molecular weight excluding hydrogens is 202 g/mol. The molecule has 2 aromatic heterocycles. The first-order valence-corrected chi connectivity index (χ1v) is 5.78. The van der Waals surface area contributed by atoms with Crippen LogP contribution in [0, 0.1) is 6.92 Å². The Hall–Kier alpha value is -1.42. The molecule has 0 atom stereocenters. The van der Waals surface area contributed by atoms with E-state index in [1.54, 1.807) is 0 Å². The second-order valence-corrected chi connectivity index (χ2v) is 4.36. The lowest BCUT2D eigenvalue weighted by molar-refractivity contribution is 0.404. The molecule has 1 aliphatic rings. The minimum absolute atomic E-state index is 0.616. The second-order valence-electron chi connectivity index (χ2n) is 4.36. The topological polar surface area (TPSA) is 51.0 Å². The molecule has 0 radical (unpaired) electrons. The molecule has 1 aliphatic heterocycles. The van der Waals surface area contributed by atoms with E-state index in [2.05, 4.69) is 21.5 Å². The zero-order valence-electron chi connectivity index (χ0n) is 9.36. The van der Waals surface area contributed by atoms with Crippen LogP contribution in [0.3, 0.4) is 0 Å². The Morgan fingerprint density at radius 3 is 3.00 bits per heavy atom. The third-order valence-corrected chi connectivity index (χ3v) is 3.36. The van der Waals surface area contributed by atoms with Crippen LogP contribution < -0.4 is 5.32 Å². The van der Waals surface area contributed by atoms with Crippen molar-refractivity contribution in [1.82, 2.24) is 15.5 Å². The number of hydrogen-bond acceptors (Lipinski definition) is 4. The number of aromatic nitrogens is 2. The lowest BCUT2D eigenvalue weighted by Crippen LogP contribution is -2.26. The third-order valence-electron chi connectivity index (χ3n) is 3.36. The molecule has 0 spiro atoms. The van der Waals surface area contributed by atoms with Gasteiger partial charge in [-0.1, -0.05) is 5.16 Å². The number of fused-ring (bicyclic) bond motifs is 1. The molecule has 0 amide bonds. The number of pyridine rings is 1. The number of aryl methyl sites for hydroxylation is 1. The highest BCUT2D eigenvalue weighted by Crippen LogP contribution is 2.31. The first-order valence-electron chi connectivity index (χ1n) is 5.78. The van der Waals surface area contributed by atoms with Gasteiger partial charge in [0.15, 0.2) is 0 Å². The molecule has 3 heterocycles. The number of hydrogen-bond donors (Lipinski definition) is 1. The van der Waals surface area contributed by atoms with E-state index < -0.39 is 0 Å². The summed E-state index contributed by atoms with van der Waals surface area (Å²) in [6.07, 6.45) is 4.20. The normalized spacial score (nSPS) is 18.1. The summed E-state index contributed by atoms with van der Waals surface area (Å²) in [5.74, 6) is 1.50. The van der Waals surface area contributed by atoms with Crippen molar-refractivity contribution in [3.63, 3.8) is 0 Å². The van der Waals surface area contributed by atoms with Gasteiger partial charge in [0.05, 0.1) is 5.39 Å². The van der Waals surface area contributed by atoms with Gasteiger partial charge in [0.25, 0.3) is 0 Å². The Bertz CT molecular complexity index is 500. The Balaban J connectivity index is 2.10. The molecule has 4 heteroatoms. The number of piperidine rings is 1. The standard InChI is InChI=1S/C12H15N3O/c1-8-11-10(9-2-5-13-6-3-9)4-7-14-12(11)15-16-8/h4,7,9,13H,2-3,5-6H2,1H3. The predicted molar refractivity (Wildman–Crippen MR) is 61.4 cm³/mol. The summed E-state index contributed by atoms with van der Waals surface area (Å²) < 4.78 is 5.22. The molecule has 0 aromatic carbocycles. The summed E-state index contributed by atoms with van der Waals surface area (Å²) >= 11 is 0. The Morgan fingerprint density at radius 2 is 2.19 bits per heavy atom. The van der Waals surface area contributed by atoms with Gasteiger partial charge in [-0.05, 0) is 50.4 Å². The van der Waals surface area contributed by atoms with Crippen LogP contribution in [-0.2, 0) is 0 Å². The van der Waals surface area contributed by atoms with Gasteiger partial charge < -0.3 is 9.84 Å². The van der Waals surface area contributed by atoms with E-state index in [4.69, 9.17) is 4.52 Å². The van der Waals surface area contributed by atoms with Gasteiger partial charge in [0, 0.05) is 6.20 Å². The molecule has 2 aromatic rings. The highest BCUT2D eigenvalue weighted by molar-refractivity contribution is 5.81. The van der Waals surface area contributed by atoms with Gasteiger partial charge >= 0.3 is 0 Å². The minimum Gasteiger partial charge on any atom is -0.359 e. The van der Waals surface area contributed by atoms with Crippen LogP contribution in [0.2, 0.25) is 0 Å². The monoisotopic (exact) mass is 217 g/mol. The average molecular weight is 217 g/mol. The second kappa shape index (κ2) is 3.87. The van der Waals surface area contributed by atoms with E-state index in [9.17, 15) is 0 Å². The number of rotatable bonds is 1. The summed E-state index contributed by atoms with van der Waals surface area (Å²) in [6, 6.07) is 2.11. The van der Waals surface area contributed by atoms with E-state index in [-0.39, 0.29) is 0 Å². The molecule has 84 valence electrons. The van der Waals surface area contributed by atoms with E-state index in [0.717, 1.165) is 29.9 Å². The first kappa shape index (κ1) is 9.78. The van der Waals surface area contributed by atoms with Gasteiger partial charge in [-0.2, -0.15) is 0 Å². The van der Waals surface area contributed by atoms with Gasteiger partial charge in [0.2, 0.25) is 5.65 Å². The first-order chi connectivity index (χ1) is 7.86. The molecule has 0 aliphatic carbocycles. The van der Waals surface area contributed by atoms with Crippen molar-refractivity contribution in [2.24, 2.45) is 0 Å². The van der Waals surface area contributed by atoms with Crippen LogP contribution in [0.15, 0.2) is 16.8 Å². The maximum absolute atomic E-state index is 5.22. The molecule has 4 nitrogen and oxygen atoms in total. The van der Waals surface area contributed by atoms with Crippen molar-refractivity contribution in [3.05, 3.63) is 23.6 Å². The van der Waals surface area contributed by atoms with Crippen molar-refractivity contribution in [2.45, 2.75) is 25.7 Å². The fourth-order valence-corrected chi connectivity index (χ4v) is 2.53. The smallest absolute Gasteiger partial charge is 0.203 e. The predicted octanol–water partition coefficient (Wildman–Crippen LogP) is 2.00. The quantitative estimate of drug-likeness (QED) is 0.793. The summed E-state index contributed by atoms with van der Waals surface area (Å²) in [6.45, 7) is 4.15. The van der Waals surface area contributed by atoms with Gasteiger partial charge in [0.1, 0.15) is 5.76 Å². The highest BCUT2D eigenvalue weighted by atomic mass is 16.5. The molecule has 0 unspecified atom stereocenters. The summed E-state index contributed by atoms with van der Waals surface area (Å²) in [4.78, 5) is 4.24. The number of nitrogens with zero attached hydrogens (tertiary/aromatic N) is 2. The fraction of sp³-hybridized carbons (Fsp3) is 0.500. The zero-order valence-corrected chi connectivity index (χ0v) is 9.36. The summed E-state index contributed by atoms with van der Waals surface area (Å²) in [7, 11) is 0. The lowest BCUT2D eigenvalue weighted by atomic mass is 9.89. The zero-order chi connectivity index (χ0) is 11.0. The minimum atomic E-state index is 0.616. The molecule has 0 saturated carbocycles. The SMILES string of the molecule is Cc1onc2nccc(C3CCNCC3)c12. The van der Waals surface area contributed by atoms with Crippen LogP contribution in [0.5, 0.6) is 0 Å². The lowest BCUT2D eigenvalue weighted by Gasteiger charge is -2.23. The van der Waals surface area contributed by atoms with E-state index in [1.807, 2.05) is 13.1 Å². The van der Waals surface area contributed by atoms with Crippen LogP contribution in [0.4, 0.5) is 0 Å². The average Bonchev–Trinajstić information content (AvgIpc) is 2.73. The third kappa shape index (κ3) is 1.50. The van der Waals surface area contributed by atoms with Gasteiger partial charge in [-0.3, -0.25) is 0 Å². The Morgan fingerprint density at radius 1 is 1.38 bits per heavy atom. The molecule has 1 saturated heterocycles. The number of nitrogens with one attached hydrogen (secondary N) is 1. The van der Waals surface area contributed by atoms with E-state index in [1.165, 1.54) is 18.4 Å². The van der Waals surface area contributed by atoms with Gasteiger partial charge in [-0.25, -0.2) is 4.98 Å². The van der Waals surface area contributed by atoms with Gasteiger partial charge in [-0.15, -0.1) is 0 Å². The van der Waals surface area contributed by atoms with Crippen molar-refractivity contribution in [2.75, 3.05) is 13.1 Å². The van der Waals surface area contributed by atoms with Crippen molar-refractivity contribution >= 4 is 11.0 Å². The summed E-state index contributed by atoms with van der Waals surface area (Å²) in [5, 5.41) is 8.48. The molecule has 1 fully saturated rings. The van der Waals surface area contributed by atoms with Crippen LogP contribution >= 0.6 is 0 Å². The molecule has 16 heavy (non-hydrogen) atoms. The Labute approximate surface area is 94.0 Å².